The molecule has 0 radical (unpaired) electrons. The smallest absolute Gasteiger partial charge is 0.280 e. The van der Waals surface area contributed by atoms with Gasteiger partial charge >= 0.3 is 0 Å². The third-order valence-corrected chi connectivity index (χ3v) is 3.19. The molecule has 0 atom stereocenters. The van der Waals surface area contributed by atoms with Gasteiger partial charge in [-0.2, -0.15) is 0 Å². The summed E-state index contributed by atoms with van der Waals surface area (Å²) in [6.45, 7) is 1.94. The first-order chi connectivity index (χ1) is 7.61. The first-order valence-corrected chi connectivity index (χ1v) is 5.84. The van der Waals surface area contributed by atoms with Crippen LogP contribution in [0.4, 0.5) is 5.69 Å². The van der Waals surface area contributed by atoms with Gasteiger partial charge in [0.05, 0.1) is 5.02 Å². The lowest BCUT2D eigenvalue weighted by molar-refractivity contribution is 0.973. The molecule has 2 rings (SSSR count). The molecule has 0 unspecified atom stereocenters. The summed E-state index contributed by atoms with van der Waals surface area (Å²) in [5.41, 5.74) is 0.307. The third kappa shape index (κ3) is 1.96. The molecule has 16 heavy (non-hydrogen) atoms. The van der Waals surface area contributed by atoms with E-state index in [1.807, 2.05) is 6.92 Å². The Bertz CT molecular complexity index is 576. The van der Waals surface area contributed by atoms with Crippen LogP contribution in [-0.2, 0) is 0 Å². The second-order valence-electron chi connectivity index (χ2n) is 3.25. The molecule has 2 aromatic heterocycles. The van der Waals surface area contributed by atoms with Crippen LogP contribution in [0.1, 0.15) is 4.88 Å². The molecule has 84 valence electrons. The predicted octanol–water partition coefficient (Wildman–Crippen LogP) is 2.30. The molecular formula is C10H10ClN3OS. The first kappa shape index (κ1) is 11.2. The van der Waals surface area contributed by atoms with E-state index in [-0.39, 0.29) is 5.56 Å². The van der Waals surface area contributed by atoms with Gasteiger partial charge in [-0.05, 0) is 13.0 Å². The number of rotatable bonds is 2. The Morgan fingerprint density at radius 3 is 2.88 bits per heavy atom. The molecule has 0 fully saturated rings. The molecule has 0 amide bonds. The number of hydrogen-bond donors (Lipinski definition) is 1. The largest absolute Gasteiger partial charge is 0.384 e. The maximum absolute atomic E-state index is 12.0. The molecule has 0 spiro atoms. The molecule has 0 aromatic carbocycles. The van der Waals surface area contributed by atoms with E-state index in [1.54, 1.807) is 25.5 Å². The van der Waals surface area contributed by atoms with Crippen LogP contribution in [0.3, 0.4) is 0 Å². The van der Waals surface area contributed by atoms with Crippen molar-refractivity contribution in [2.75, 3.05) is 12.4 Å². The maximum Gasteiger partial charge on any atom is 0.280 e. The highest BCUT2D eigenvalue weighted by molar-refractivity contribution is 7.14. The van der Waals surface area contributed by atoms with Crippen molar-refractivity contribution in [2.45, 2.75) is 6.92 Å². The second-order valence-corrected chi connectivity index (χ2v) is 4.90. The van der Waals surface area contributed by atoms with Crippen molar-refractivity contribution in [2.24, 2.45) is 0 Å². The molecule has 1 N–H and O–H groups in total. The normalized spacial score (nSPS) is 10.4. The second kappa shape index (κ2) is 4.27. The van der Waals surface area contributed by atoms with Crippen molar-refractivity contribution in [1.29, 1.82) is 0 Å². The van der Waals surface area contributed by atoms with E-state index >= 15 is 0 Å². The van der Waals surface area contributed by atoms with Gasteiger partial charge in [0.1, 0.15) is 5.69 Å². The summed E-state index contributed by atoms with van der Waals surface area (Å²) in [5.74, 6) is 0. The maximum atomic E-state index is 12.0. The third-order valence-electron chi connectivity index (χ3n) is 2.07. The molecule has 0 saturated heterocycles. The molecule has 0 aliphatic heterocycles. The monoisotopic (exact) mass is 255 g/mol. The first-order valence-electron chi connectivity index (χ1n) is 4.64. The minimum atomic E-state index is -0.152. The summed E-state index contributed by atoms with van der Waals surface area (Å²) in [7, 11) is 1.69. The molecule has 0 aliphatic carbocycles. The van der Waals surface area contributed by atoms with Gasteiger partial charge in [-0.1, -0.05) is 11.6 Å². The van der Waals surface area contributed by atoms with E-state index in [0.717, 1.165) is 4.88 Å². The lowest BCUT2D eigenvalue weighted by Gasteiger charge is -2.05. The number of pyridine rings is 1. The summed E-state index contributed by atoms with van der Waals surface area (Å²) < 4.78 is 1.45. The highest BCUT2D eigenvalue weighted by Gasteiger charge is 2.08. The average Bonchev–Trinajstić information content (AvgIpc) is 2.67. The summed E-state index contributed by atoms with van der Waals surface area (Å²) in [5, 5.41) is 3.94. The molecule has 0 saturated carbocycles. The van der Waals surface area contributed by atoms with Gasteiger partial charge in [0.25, 0.3) is 5.56 Å². The number of aryl methyl sites for hydroxylation is 1. The SMILES string of the molecule is CNc1cc(Cl)cn(-c2ncc(C)s2)c1=O. The van der Waals surface area contributed by atoms with Crippen LogP contribution in [0.5, 0.6) is 0 Å². The highest BCUT2D eigenvalue weighted by Crippen LogP contribution is 2.18. The van der Waals surface area contributed by atoms with Crippen LogP contribution in [-0.4, -0.2) is 16.6 Å². The van der Waals surface area contributed by atoms with Crippen LogP contribution < -0.4 is 10.9 Å². The van der Waals surface area contributed by atoms with Crippen molar-refractivity contribution in [3.63, 3.8) is 0 Å². The number of aromatic nitrogens is 2. The Balaban J connectivity index is 2.65. The Morgan fingerprint density at radius 2 is 2.31 bits per heavy atom. The minimum Gasteiger partial charge on any atom is -0.384 e. The molecule has 0 bridgehead atoms. The summed E-state index contributed by atoms with van der Waals surface area (Å²) in [6.07, 6.45) is 3.30. The van der Waals surface area contributed by atoms with E-state index in [1.165, 1.54) is 15.9 Å². The summed E-state index contributed by atoms with van der Waals surface area (Å²) in [4.78, 5) is 17.2. The Kier molecular flexibility index (Phi) is 2.98. The number of nitrogens with zero attached hydrogens (tertiary/aromatic N) is 2. The number of halogens is 1. The molecule has 4 nitrogen and oxygen atoms in total. The number of thiazole rings is 1. The summed E-state index contributed by atoms with van der Waals surface area (Å²) >= 11 is 7.38. The Morgan fingerprint density at radius 1 is 1.56 bits per heavy atom. The van der Waals surface area contributed by atoms with Crippen LogP contribution in [0.25, 0.3) is 5.13 Å². The average molecular weight is 256 g/mol. The number of nitrogens with one attached hydrogen (secondary N) is 1. The highest BCUT2D eigenvalue weighted by atomic mass is 35.5. The standard InChI is InChI=1S/C10H10ClN3OS/c1-6-4-13-10(16-6)14-5-7(11)3-8(12-2)9(14)15/h3-5,12H,1-2H3. The number of hydrogen-bond acceptors (Lipinski definition) is 4. The van der Waals surface area contributed by atoms with E-state index in [4.69, 9.17) is 11.6 Å². The van der Waals surface area contributed by atoms with Gasteiger partial charge in [0.2, 0.25) is 0 Å². The molecule has 6 heteroatoms. The Labute approximate surface area is 102 Å². The van der Waals surface area contributed by atoms with Gasteiger partial charge in [0, 0.05) is 24.3 Å². The van der Waals surface area contributed by atoms with Crippen molar-refractivity contribution >= 4 is 28.6 Å². The molecule has 0 aliphatic rings. The molecule has 2 aromatic rings. The fraction of sp³-hybridized carbons (Fsp3) is 0.200. The minimum absolute atomic E-state index is 0.152. The van der Waals surface area contributed by atoms with Crippen LogP contribution >= 0.6 is 22.9 Å². The van der Waals surface area contributed by atoms with Gasteiger partial charge in [0.15, 0.2) is 5.13 Å². The van der Waals surface area contributed by atoms with Crippen molar-refractivity contribution in [3.8, 4) is 5.13 Å². The fourth-order valence-electron chi connectivity index (χ4n) is 1.32. The van der Waals surface area contributed by atoms with Gasteiger partial charge < -0.3 is 5.32 Å². The van der Waals surface area contributed by atoms with E-state index in [2.05, 4.69) is 10.3 Å². The topological polar surface area (TPSA) is 46.9 Å². The van der Waals surface area contributed by atoms with Crippen molar-refractivity contribution in [1.82, 2.24) is 9.55 Å². The molecule has 2 heterocycles. The van der Waals surface area contributed by atoms with Gasteiger partial charge in [-0.15, -0.1) is 11.3 Å². The van der Waals surface area contributed by atoms with E-state index in [0.29, 0.717) is 15.8 Å². The quantitative estimate of drug-likeness (QED) is 0.896. The van der Waals surface area contributed by atoms with Crippen LogP contribution in [0, 0.1) is 6.92 Å². The van der Waals surface area contributed by atoms with Crippen molar-refractivity contribution in [3.05, 3.63) is 38.7 Å². The zero-order valence-corrected chi connectivity index (χ0v) is 10.4. The van der Waals surface area contributed by atoms with Gasteiger partial charge in [-0.25, -0.2) is 4.98 Å². The van der Waals surface area contributed by atoms with E-state index < -0.39 is 0 Å². The Hall–Kier alpha value is -1.33. The van der Waals surface area contributed by atoms with Gasteiger partial charge in [-0.3, -0.25) is 9.36 Å². The predicted molar refractivity (Wildman–Crippen MR) is 67.0 cm³/mol. The van der Waals surface area contributed by atoms with Crippen LogP contribution in [0.15, 0.2) is 23.3 Å². The molecular weight excluding hydrogens is 246 g/mol. The van der Waals surface area contributed by atoms with Crippen LogP contribution in [0.2, 0.25) is 5.02 Å². The van der Waals surface area contributed by atoms with Crippen molar-refractivity contribution < 1.29 is 0 Å². The lowest BCUT2D eigenvalue weighted by atomic mass is 10.4. The number of anilines is 1. The summed E-state index contributed by atoms with van der Waals surface area (Å²) in [6, 6.07) is 1.60. The zero-order valence-electron chi connectivity index (χ0n) is 8.82. The fourth-order valence-corrected chi connectivity index (χ4v) is 2.26. The zero-order chi connectivity index (χ0) is 11.7. The lowest BCUT2D eigenvalue weighted by Crippen LogP contribution is -2.20. The van der Waals surface area contributed by atoms with E-state index in [9.17, 15) is 4.79 Å².